The average molecular weight is 318 g/mol. The van der Waals surface area contributed by atoms with Crippen LogP contribution >= 0.6 is 11.8 Å². The number of H-pyrrole nitrogens is 1. The maximum atomic E-state index is 12.7. The Hall–Kier alpha value is -0.570. The fourth-order valence-corrected chi connectivity index (χ4v) is 4.73. The van der Waals surface area contributed by atoms with Gasteiger partial charge in [-0.1, -0.05) is 6.92 Å². The number of thioether (sulfide) groups is 1. The molecule has 0 amide bonds. The van der Waals surface area contributed by atoms with E-state index in [4.69, 9.17) is 0 Å². The maximum absolute atomic E-state index is 12.7. The first-order valence-corrected chi connectivity index (χ1v) is 9.56. The minimum absolute atomic E-state index is 0.244. The molecule has 2 rings (SSSR count). The fourth-order valence-electron chi connectivity index (χ4n) is 2.14. The summed E-state index contributed by atoms with van der Waals surface area (Å²) in [5.41, 5.74) is 0.718. The van der Waals surface area contributed by atoms with Crippen LogP contribution in [0, 0.1) is 0 Å². The second-order valence-electron chi connectivity index (χ2n) is 4.77. The van der Waals surface area contributed by atoms with Crippen molar-refractivity contribution in [2.75, 3.05) is 31.1 Å². The van der Waals surface area contributed by atoms with Gasteiger partial charge in [-0.05, 0) is 25.1 Å². The molecule has 114 valence electrons. The molecule has 1 fully saturated rings. The van der Waals surface area contributed by atoms with Crippen LogP contribution in [0.25, 0.3) is 0 Å². The first-order chi connectivity index (χ1) is 9.66. The first-order valence-electron chi connectivity index (χ1n) is 6.97. The number of rotatable bonds is 6. The van der Waals surface area contributed by atoms with Crippen LogP contribution in [0.15, 0.2) is 11.2 Å². The van der Waals surface area contributed by atoms with Gasteiger partial charge in [-0.25, -0.2) is 8.42 Å². The molecule has 0 unspecified atom stereocenters. The lowest BCUT2D eigenvalue weighted by atomic mass is 10.3. The van der Waals surface area contributed by atoms with Crippen LogP contribution in [0.5, 0.6) is 0 Å². The van der Waals surface area contributed by atoms with Crippen LogP contribution < -0.4 is 5.32 Å². The predicted molar refractivity (Wildman–Crippen MR) is 81.3 cm³/mol. The first kappa shape index (κ1) is 15.8. The summed E-state index contributed by atoms with van der Waals surface area (Å²) in [6.45, 7) is 4.64. The van der Waals surface area contributed by atoms with Crippen LogP contribution in [-0.4, -0.2) is 54.1 Å². The summed E-state index contributed by atoms with van der Waals surface area (Å²) in [6, 6.07) is 0. The van der Waals surface area contributed by atoms with Gasteiger partial charge in [-0.2, -0.15) is 21.2 Å². The second-order valence-corrected chi connectivity index (χ2v) is 7.87. The molecule has 2 heterocycles. The molecule has 8 heteroatoms. The van der Waals surface area contributed by atoms with E-state index in [1.165, 1.54) is 0 Å². The molecule has 20 heavy (non-hydrogen) atoms. The summed E-state index contributed by atoms with van der Waals surface area (Å²) in [4.78, 5) is 0. The largest absolute Gasteiger partial charge is 0.313 e. The fraction of sp³-hybridized carbons (Fsp3) is 0.750. The number of hydrogen-bond acceptors (Lipinski definition) is 5. The van der Waals surface area contributed by atoms with Gasteiger partial charge >= 0.3 is 0 Å². The zero-order valence-electron chi connectivity index (χ0n) is 11.8. The van der Waals surface area contributed by atoms with E-state index in [1.54, 1.807) is 10.5 Å². The summed E-state index contributed by atoms with van der Waals surface area (Å²) in [5, 5.41) is 10.0. The third-order valence-corrected chi connectivity index (χ3v) is 6.16. The molecule has 1 aromatic heterocycles. The van der Waals surface area contributed by atoms with E-state index in [0.29, 0.717) is 19.6 Å². The average Bonchev–Trinajstić information content (AvgIpc) is 2.73. The number of hydrogen-bond donors (Lipinski definition) is 2. The van der Waals surface area contributed by atoms with E-state index >= 15 is 0 Å². The lowest BCUT2D eigenvalue weighted by Gasteiger charge is -2.19. The SMILES string of the molecule is CCCNCc1cn[nH]c1S(=O)(=O)N1CCCSCC1. The third kappa shape index (κ3) is 3.75. The van der Waals surface area contributed by atoms with Gasteiger partial charge in [-0.15, -0.1) is 0 Å². The minimum atomic E-state index is -3.45. The highest BCUT2D eigenvalue weighted by atomic mass is 32.2. The highest BCUT2D eigenvalue weighted by molar-refractivity contribution is 7.99. The summed E-state index contributed by atoms with van der Waals surface area (Å²) < 4.78 is 26.9. The Morgan fingerprint density at radius 3 is 3.10 bits per heavy atom. The third-order valence-electron chi connectivity index (χ3n) is 3.20. The molecule has 6 nitrogen and oxygen atoms in total. The molecule has 0 spiro atoms. The number of aromatic nitrogens is 2. The summed E-state index contributed by atoms with van der Waals surface area (Å²) in [6.07, 6.45) is 3.52. The Balaban J connectivity index is 2.14. The second kappa shape index (κ2) is 7.44. The number of aromatic amines is 1. The van der Waals surface area contributed by atoms with Crippen molar-refractivity contribution in [3.8, 4) is 0 Å². The standard InChI is InChI=1S/C12H22N4O2S2/c1-2-4-13-9-11-10-14-15-12(11)20(17,18)16-5-3-7-19-8-6-16/h10,13H,2-9H2,1H3,(H,14,15). The smallest absolute Gasteiger partial charge is 0.260 e. The predicted octanol–water partition coefficient (Wildman–Crippen LogP) is 1.04. The molecule has 2 N–H and O–H groups in total. The van der Waals surface area contributed by atoms with Crippen LogP contribution in [0.1, 0.15) is 25.3 Å². The van der Waals surface area contributed by atoms with Crippen LogP contribution in [0.4, 0.5) is 0 Å². The Morgan fingerprint density at radius 2 is 2.30 bits per heavy atom. The van der Waals surface area contributed by atoms with Crippen molar-refractivity contribution in [1.29, 1.82) is 0 Å². The molecule has 1 saturated heterocycles. The molecule has 0 bridgehead atoms. The molecule has 0 saturated carbocycles. The van der Waals surface area contributed by atoms with Crippen molar-refractivity contribution in [3.05, 3.63) is 11.8 Å². The molecular weight excluding hydrogens is 296 g/mol. The van der Waals surface area contributed by atoms with E-state index in [2.05, 4.69) is 22.4 Å². The molecule has 1 aromatic rings. The molecule has 1 aliphatic heterocycles. The van der Waals surface area contributed by atoms with Gasteiger partial charge in [0.25, 0.3) is 10.0 Å². The van der Waals surface area contributed by atoms with Crippen LogP contribution in [-0.2, 0) is 16.6 Å². The zero-order chi connectivity index (χ0) is 14.4. The van der Waals surface area contributed by atoms with Gasteiger partial charge in [0, 0.05) is 31.0 Å². The Labute approximate surface area is 124 Å². The van der Waals surface area contributed by atoms with Gasteiger partial charge in [-0.3, -0.25) is 5.10 Å². The lowest BCUT2D eigenvalue weighted by Crippen LogP contribution is -2.34. The Bertz CT molecular complexity index is 507. The van der Waals surface area contributed by atoms with Crippen molar-refractivity contribution >= 4 is 21.8 Å². The van der Waals surface area contributed by atoms with Gasteiger partial charge in [0.15, 0.2) is 5.03 Å². The molecule has 0 atom stereocenters. The minimum Gasteiger partial charge on any atom is -0.313 e. The quantitative estimate of drug-likeness (QED) is 0.766. The van der Waals surface area contributed by atoms with E-state index < -0.39 is 10.0 Å². The van der Waals surface area contributed by atoms with Crippen molar-refractivity contribution in [2.24, 2.45) is 0 Å². The molecule has 0 aliphatic carbocycles. The number of nitrogens with one attached hydrogen (secondary N) is 2. The van der Waals surface area contributed by atoms with E-state index in [1.807, 2.05) is 11.8 Å². The van der Waals surface area contributed by atoms with Gasteiger partial charge in [0.1, 0.15) is 0 Å². The lowest BCUT2D eigenvalue weighted by molar-refractivity contribution is 0.431. The monoisotopic (exact) mass is 318 g/mol. The summed E-state index contributed by atoms with van der Waals surface area (Å²) >= 11 is 1.81. The van der Waals surface area contributed by atoms with E-state index in [0.717, 1.165) is 36.5 Å². The van der Waals surface area contributed by atoms with Gasteiger partial charge in [0.05, 0.1) is 6.20 Å². The Morgan fingerprint density at radius 1 is 1.45 bits per heavy atom. The summed E-state index contributed by atoms with van der Waals surface area (Å²) in [5.74, 6) is 1.89. The molecule has 0 aromatic carbocycles. The molecule has 0 radical (unpaired) electrons. The number of nitrogens with zero attached hydrogens (tertiary/aromatic N) is 2. The normalized spacial score (nSPS) is 18.1. The van der Waals surface area contributed by atoms with Crippen molar-refractivity contribution in [2.45, 2.75) is 31.3 Å². The maximum Gasteiger partial charge on any atom is 0.260 e. The Kier molecular flexibility index (Phi) is 5.88. The topological polar surface area (TPSA) is 78.1 Å². The van der Waals surface area contributed by atoms with Crippen molar-refractivity contribution in [1.82, 2.24) is 19.8 Å². The highest BCUT2D eigenvalue weighted by Gasteiger charge is 2.28. The van der Waals surface area contributed by atoms with Gasteiger partial charge in [0.2, 0.25) is 0 Å². The van der Waals surface area contributed by atoms with Crippen molar-refractivity contribution in [3.63, 3.8) is 0 Å². The van der Waals surface area contributed by atoms with Gasteiger partial charge < -0.3 is 5.32 Å². The molecular formula is C12H22N4O2S2. The number of sulfonamides is 1. The van der Waals surface area contributed by atoms with E-state index in [-0.39, 0.29) is 5.03 Å². The molecule has 1 aliphatic rings. The van der Waals surface area contributed by atoms with Crippen LogP contribution in [0.3, 0.4) is 0 Å². The van der Waals surface area contributed by atoms with Crippen LogP contribution in [0.2, 0.25) is 0 Å². The van der Waals surface area contributed by atoms with E-state index in [9.17, 15) is 8.42 Å². The highest BCUT2D eigenvalue weighted by Crippen LogP contribution is 2.21. The van der Waals surface area contributed by atoms with Crippen molar-refractivity contribution < 1.29 is 8.42 Å². The summed E-state index contributed by atoms with van der Waals surface area (Å²) in [7, 11) is -3.45. The zero-order valence-corrected chi connectivity index (χ0v) is 13.4.